The Hall–Kier alpha value is -1.69. The number of likely N-dealkylation sites (N-methyl/N-ethyl adjacent to an activating group) is 1. The van der Waals surface area contributed by atoms with Crippen LogP contribution in [-0.4, -0.2) is 18.6 Å². The van der Waals surface area contributed by atoms with Crippen LogP contribution in [0.2, 0.25) is 0 Å². The molecule has 2 aromatic heterocycles. The summed E-state index contributed by atoms with van der Waals surface area (Å²) in [4.78, 5) is 6.56. The van der Waals surface area contributed by atoms with E-state index < -0.39 is 11.6 Å². The number of hydrogen-bond donors (Lipinski definition) is 1. The molecule has 2 heterocycles. The van der Waals surface area contributed by atoms with Gasteiger partial charge in [-0.3, -0.25) is 0 Å². The summed E-state index contributed by atoms with van der Waals surface area (Å²) in [5.41, 5.74) is 5.34. The van der Waals surface area contributed by atoms with Crippen LogP contribution in [0, 0.1) is 11.6 Å². The van der Waals surface area contributed by atoms with Crippen LogP contribution >= 0.6 is 11.3 Å². The van der Waals surface area contributed by atoms with Crippen LogP contribution in [0.25, 0.3) is 0 Å². The molecule has 0 amide bonds. The molecule has 0 aliphatic rings. The predicted octanol–water partition coefficient (Wildman–Crippen LogP) is 2.68. The number of nitrogen functional groups attached to an aromatic ring is 1. The second kappa shape index (κ2) is 5.30. The van der Waals surface area contributed by atoms with Crippen LogP contribution in [0.5, 0.6) is 0 Å². The second-order valence-electron chi connectivity index (χ2n) is 3.91. The zero-order valence-electron chi connectivity index (χ0n) is 9.86. The Morgan fingerprint density at radius 2 is 2.17 bits per heavy atom. The number of nitrogens with two attached hydrogens (primary N) is 1. The summed E-state index contributed by atoms with van der Waals surface area (Å²) >= 11 is 1.64. The molecule has 0 saturated carbocycles. The summed E-state index contributed by atoms with van der Waals surface area (Å²) in [6.07, 6.45) is 0.784. The van der Waals surface area contributed by atoms with Crippen LogP contribution in [-0.2, 0) is 6.42 Å². The lowest BCUT2D eigenvalue weighted by atomic mass is 10.3. The fourth-order valence-electron chi connectivity index (χ4n) is 1.58. The lowest BCUT2D eigenvalue weighted by Crippen LogP contribution is -2.23. The topological polar surface area (TPSA) is 42.2 Å². The van der Waals surface area contributed by atoms with E-state index in [-0.39, 0.29) is 11.6 Å². The average molecular weight is 269 g/mol. The smallest absolute Gasteiger partial charge is 0.168 e. The van der Waals surface area contributed by atoms with Crippen LogP contribution in [0.15, 0.2) is 23.6 Å². The third-order valence-corrected chi connectivity index (χ3v) is 3.51. The maximum Gasteiger partial charge on any atom is 0.168 e. The summed E-state index contributed by atoms with van der Waals surface area (Å²) in [6.45, 7) is 0.593. The van der Waals surface area contributed by atoms with Gasteiger partial charge in [0.1, 0.15) is 0 Å². The maximum atomic E-state index is 13.5. The van der Waals surface area contributed by atoms with E-state index in [1.807, 2.05) is 17.5 Å². The Kier molecular flexibility index (Phi) is 3.76. The minimum absolute atomic E-state index is 0.0745. The first kappa shape index (κ1) is 12.8. The Morgan fingerprint density at radius 3 is 2.83 bits per heavy atom. The number of rotatable bonds is 4. The molecular weight excluding hydrogens is 256 g/mol. The monoisotopic (exact) mass is 269 g/mol. The molecule has 0 bridgehead atoms. The molecule has 2 N–H and O–H groups in total. The Labute approximate surface area is 108 Å². The average Bonchev–Trinajstić information content (AvgIpc) is 2.84. The Morgan fingerprint density at radius 1 is 1.39 bits per heavy atom. The lowest BCUT2D eigenvalue weighted by Gasteiger charge is -2.18. The quantitative estimate of drug-likeness (QED) is 0.928. The second-order valence-corrected chi connectivity index (χ2v) is 4.94. The van der Waals surface area contributed by atoms with Crippen molar-refractivity contribution in [3.05, 3.63) is 40.1 Å². The van der Waals surface area contributed by atoms with Crippen molar-refractivity contribution < 1.29 is 8.78 Å². The summed E-state index contributed by atoms with van der Waals surface area (Å²) in [5, 5.41) is 1.99. The van der Waals surface area contributed by atoms with Gasteiger partial charge in [-0.2, -0.15) is 0 Å². The van der Waals surface area contributed by atoms with E-state index in [0.717, 1.165) is 12.5 Å². The highest BCUT2D eigenvalue weighted by molar-refractivity contribution is 7.09. The molecule has 0 unspecified atom stereocenters. The molecule has 0 radical (unpaired) electrons. The summed E-state index contributed by atoms with van der Waals surface area (Å²) in [7, 11) is 1.70. The highest BCUT2D eigenvalue weighted by Gasteiger charge is 2.13. The van der Waals surface area contributed by atoms with Crippen LogP contribution < -0.4 is 10.6 Å². The first-order chi connectivity index (χ1) is 8.58. The van der Waals surface area contributed by atoms with Gasteiger partial charge in [0.05, 0.1) is 0 Å². The minimum atomic E-state index is -0.831. The Balaban J connectivity index is 2.09. The van der Waals surface area contributed by atoms with Crippen molar-refractivity contribution in [3.8, 4) is 0 Å². The van der Waals surface area contributed by atoms with Gasteiger partial charge in [-0.15, -0.1) is 11.3 Å². The molecule has 0 atom stereocenters. The van der Waals surface area contributed by atoms with Gasteiger partial charge in [-0.05, 0) is 17.9 Å². The van der Waals surface area contributed by atoms with Gasteiger partial charge >= 0.3 is 0 Å². The largest absolute Gasteiger partial charge is 0.381 e. The van der Waals surface area contributed by atoms with E-state index in [4.69, 9.17) is 5.73 Å². The van der Waals surface area contributed by atoms with Gasteiger partial charge in [0.15, 0.2) is 23.3 Å². The van der Waals surface area contributed by atoms with Gasteiger partial charge in [0.2, 0.25) is 0 Å². The van der Waals surface area contributed by atoms with E-state index in [1.54, 1.807) is 23.3 Å². The molecule has 2 rings (SSSR count). The minimum Gasteiger partial charge on any atom is -0.381 e. The third kappa shape index (κ3) is 2.76. The zero-order valence-corrected chi connectivity index (χ0v) is 10.7. The number of thiophene rings is 1. The van der Waals surface area contributed by atoms with Crippen molar-refractivity contribution >= 4 is 23.0 Å². The molecular formula is C12H13F2N3S. The molecule has 0 aliphatic carbocycles. The van der Waals surface area contributed by atoms with E-state index in [0.29, 0.717) is 6.54 Å². The molecule has 0 saturated heterocycles. The van der Waals surface area contributed by atoms with Crippen molar-refractivity contribution in [3.63, 3.8) is 0 Å². The first-order valence-electron chi connectivity index (χ1n) is 5.43. The van der Waals surface area contributed by atoms with Crippen molar-refractivity contribution in [2.75, 3.05) is 24.2 Å². The summed E-state index contributed by atoms with van der Waals surface area (Å²) < 4.78 is 26.5. The number of anilines is 2. The van der Waals surface area contributed by atoms with Gasteiger partial charge < -0.3 is 10.6 Å². The molecule has 96 valence electrons. The standard InChI is InChI=1S/C12H13F2N3S/c1-17(5-4-8-3-2-6-18-8)12-10(14)7-9(13)11(15)16-12/h2-3,6-7H,4-5H2,1H3,(H2,15,16). The maximum absolute atomic E-state index is 13.5. The fourth-order valence-corrected chi connectivity index (χ4v) is 2.28. The number of halogens is 2. The van der Waals surface area contributed by atoms with E-state index in [2.05, 4.69) is 4.98 Å². The van der Waals surface area contributed by atoms with Crippen molar-refractivity contribution in [1.82, 2.24) is 4.98 Å². The van der Waals surface area contributed by atoms with Gasteiger partial charge in [-0.1, -0.05) is 6.07 Å². The summed E-state index contributed by atoms with van der Waals surface area (Å²) in [6, 6.07) is 4.75. The molecule has 0 spiro atoms. The van der Waals surface area contributed by atoms with Gasteiger partial charge in [0.25, 0.3) is 0 Å². The van der Waals surface area contributed by atoms with Crippen LogP contribution in [0.1, 0.15) is 4.88 Å². The van der Waals surface area contributed by atoms with Crippen molar-refractivity contribution in [2.24, 2.45) is 0 Å². The number of hydrogen-bond acceptors (Lipinski definition) is 4. The van der Waals surface area contributed by atoms with Crippen LogP contribution in [0.4, 0.5) is 20.4 Å². The van der Waals surface area contributed by atoms with Gasteiger partial charge in [-0.25, -0.2) is 13.8 Å². The number of aromatic nitrogens is 1. The lowest BCUT2D eigenvalue weighted by molar-refractivity contribution is 0.574. The molecule has 18 heavy (non-hydrogen) atoms. The fraction of sp³-hybridized carbons (Fsp3) is 0.250. The highest BCUT2D eigenvalue weighted by Crippen LogP contribution is 2.20. The zero-order chi connectivity index (χ0) is 13.1. The summed E-state index contributed by atoms with van der Waals surface area (Å²) in [5.74, 6) is -1.74. The molecule has 0 aliphatic heterocycles. The Bertz CT molecular complexity index is 528. The first-order valence-corrected chi connectivity index (χ1v) is 6.31. The molecule has 6 heteroatoms. The normalized spacial score (nSPS) is 10.6. The number of nitrogens with zero attached hydrogens (tertiary/aromatic N) is 2. The van der Waals surface area contributed by atoms with E-state index >= 15 is 0 Å². The SMILES string of the molecule is CN(CCc1cccs1)c1nc(N)c(F)cc1F. The van der Waals surface area contributed by atoms with E-state index in [1.165, 1.54) is 4.88 Å². The van der Waals surface area contributed by atoms with Gasteiger partial charge in [0, 0.05) is 24.5 Å². The van der Waals surface area contributed by atoms with Crippen LogP contribution in [0.3, 0.4) is 0 Å². The van der Waals surface area contributed by atoms with Crippen molar-refractivity contribution in [2.45, 2.75) is 6.42 Å². The molecule has 2 aromatic rings. The predicted molar refractivity (Wildman–Crippen MR) is 69.9 cm³/mol. The third-order valence-electron chi connectivity index (χ3n) is 2.57. The number of pyridine rings is 1. The molecule has 0 aromatic carbocycles. The van der Waals surface area contributed by atoms with Crippen molar-refractivity contribution in [1.29, 1.82) is 0 Å². The highest BCUT2D eigenvalue weighted by atomic mass is 32.1. The van der Waals surface area contributed by atoms with E-state index in [9.17, 15) is 8.78 Å². The molecule has 3 nitrogen and oxygen atoms in total. The molecule has 0 fully saturated rings.